The highest BCUT2D eigenvalue weighted by Crippen LogP contribution is 2.44. The summed E-state index contributed by atoms with van der Waals surface area (Å²) in [5.74, 6) is 1.00. The van der Waals surface area contributed by atoms with Crippen LogP contribution in [0.3, 0.4) is 0 Å². The Balaban J connectivity index is 1.42. The summed E-state index contributed by atoms with van der Waals surface area (Å²) in [5, 5.41) is 0. The van der Waals surface area contributed by atoms with Crippen LogP contribution in [0.4, 0.5) is 0 Å². The largest absolute Gasteiger partial charge is 0.353 e. The van der Waals surface area contributed by atoms with E-state index in [0.717, 1.165) is 45.3 Å². The molecule has 0 radical (unpaired) electrons. The van der Waals surface area contributed by atoms with Crippen molar-refractivity contribution in [1.29, 1.82) is 0 Å². The van der Waals surface area contributed by atoms with Crippen LogP contribution in [0.2, 0.25) is 0 Å². The minimum atomic E-state index is -0.0200. The Hall–Kier alpha value is -0.420. The molecule has 0 N–H and O–H groups in total. The second-order valence-electron chi connectivity index (χ2n) is 6.03. The molecule has 0 amide bonds. The van der Waals surface area contributed by atoms with Gasteiger partial charge in [-0.2, -0.15) is 0 Å². The standard InChI is InChI=1S/C15H22O4/c1-3-12(16-7-1)18-14-10-5-6-11(9-10)15(14)19-13-4-2-8-17-13/h5-6,10-15H,1-4,7-9H2. The van der Waals surface area contributed by atoms with Gasteiger partial charge >= 0.3 is 0 Å². The second-order valence-corrected chi connectivity index (χ2v) is 6.03. The molecule has 2 bridgehead atoms. The molecule has 4 heteroatoms. The molecule has 2 saturated heterocycles. The molecule has 3 fully saturated rings. The molecule has 4 aliphatic rings. The molecule has 106 valence electrons. The molecular formula is C15H22O4. The van der Waals surface area contributed by atoms with Gasteiger partial charge in [0, 0.05) is 37.9 Å². The van der Waals surface area contributed by atoms with Crippen LogP contribution in [0.25, 0.3) is 0 Å². The Bertz CT molecular complexity index is 312. The van der Waals surface area contributed by atoms with Gasteiger partial charge in [0.25, 0.3) is 0 Å². The Labute approximate surface area is 114 Å². The summed E-state index contributed by atoms with van der Waals surface area (Å²) in [5.41, 5.74) is 0. The van der Waals surface area contributed by atoms with E-state index in [0.29, 0.717) is 11.8 Å². The van der Waals surface area contributed by atoms with E-state index in [1.54, 1.807) is 0 Å². The number of fused-ring (bicyclic) bond motifs is 2. The van der Waals surface area contributed by atoms with Gasteiger partial charge in [0.2, 0.25) is 0 Å². The SMILES string of the molecule is C1=CC2CC1C(OC1CCCO1)C2OC1CCCO1. The lowest BCUT2D eigenvalue weighted by atomic mass is 10.0. The van der Waals surface area contributed by atoms with Crippen molar-refractivity contribution in [3.8, 4) is 0 Å². The minimum Gasteiger partial charge on any atom is -0.353 e. The first-order valence-electron chi connectivity index (χ1n) is 7.62. The van der Waals surface area contributed by atoms with Crippen molar-refractivity contribution in [3.63, 3.8) is 0 Å². The van der Waals surface area contributed by atoms with E-state index in [1.165, 1.54) is 0 Å². The molecule has 19 heavy (non-hydrogen) atoms. The summed E-state index contributed by atoms with van der Waals surface area (Å²) < 4.78 is 23.6. The second kappa shape index (κ2) is 5.17. The molecule has 2 heterocycles. The summed E-state index contributed by atoms with van der Waals surface area (Å²) in [7, 11) is 0. The van der Waals surface area contributed by atoms with Crippen LogP contribution in [0.5, 0.6) is 0 Å². The number of rotatable bonds is 4. The summed E-state index contributed by atoms with van der Waals surface area (Å²) in [6, 6.07) is 0. The lowest BCUT2D eigenvalue weighted by Gasteiger charge is -2.31. The maximum absolute atomic E-state index is 6.18. The van der Waals surface area contributed by atoms with E-state index in [1.807, 2.05) is 0 Å². The average molecular weight is 266 g/mol. The lowest BCUT2D eigenvalue weighted by Crippen LogP contribution is -2.40. The van der Waals surface area contributed by atoms with E-state index in [9.17, 15) is 0 Å². The topological polar surface area (TPSA) is 36.9 Å². The summed E-state index contributed by atoms with van der Waals surface area (Å²) >= 11 is 0. The predicted octanol–water partition coefficient (Wildman–Crippen LogP) is 2.24. The smallest absolute Gasteiger partial charge is 0.158 e. The molecule has 0 spiro atoms. The highest BCUT2D eigenvalue weighted by molar-refractivity contribution is 5.16. The number of hydrogen-bond donors (Lipinski definition) is 0. The van der Waals surface area contributed by atoms with Crippen LogP contribution in [-0.2, 0) is 18.9 Å². The van der Waals surface area contributed by atoms with Crippen molar-refractivity contribution < 1.29 is 18.9 Å². The van der Waals surface area contributed by atoms with Gasteiger partial charge in [-0.3, -0.25) is 0 Å². The van der Waals surface area contributed by atoms with Gasteiger partial charge < -0.3 is 18.9 Å². The molecule has 2 aliphatic heterocycles. The third-order valence-electron chi connectivity index (χ3n) is 4.71. The van der Waals surface area contributed by atoms with E-state index in [-0.39, 0.29) is 24.8 Å². The molecule has 0 aromatic heterocycles. The average Bonchev–Trinajstić information content (AvgIpc) is 3.15. The van der Waals surface area contributed by atoms with Crippen LogP contribution in [0.15, 0.2) is 12.2 Å². The first kappa shape index (κ1) is 12.3. The van der Waals surface area contributed by atoms with Crippen molar-refractivity contribution in [3.05, 3.63) is 12.2 Å². The van der Waals surface area contributed by atoms with Crippen LogP contribution in [-0.4, -0.2) is 38.0 Å². The van der Waals surface area contributed by atoms with Gasteiger partial charge in [0.05, 0.1) is 12.2 Å². The van der Waals surface area contributed by atoms with Gasteiger partial charge in [0.1, 0.15) is 0 Å². The Morgan fingerprint density at radius 1 is 0.789 bits per heavy atom. The lowest BCUT2D eigenvalue weighted by molar-refractivity contribution is -0.218. The Morgan fingerprint density at radius 3 is 1.74 bits per heavy atom. The summed E-state index contributed by atoms with van der Waals surface area (Å²) in [6.07, 6.45) is 10.3. The highest BCUT2D eigenvalue weighted by atomic mass is 16.7. The maximum Gasteiger partial charge on any atom is 0.158 e. The number of ether oxygens (including phenoxy) is 4. The monoisotopic (exact) mass is 266 g/mol. The summed E-state index contributed by atoms with van der Waals surface area (Å²) in [4.78, 5) is 0. The van der Waals surface area contributed by atoms with Gasteiger partial charge in [0.15, 0.2) is 12.6 Å². The van der Waals surface area contributed by atoms with E-state index < -0.39 is 0 Å². The fraction of sp³-hybridized carbons (Fsp3) is 0.867. The first-order valence-corrected chi connectivity index (χ1v) is 7.62. The fourth-order valence-corrected chi connectivity index (χ4v) is 3.75. The zero-order valence-corrected chi connectivity index (χ0v) is 11.2. The maximum atomic E-state index is 6.18. The van der Waals surface area contributed by atoms with Crippen molar-refractivity contribution >= 4 is 0 Å². The molecule has 0 aromatic rings. The predicted molar refractivity (Wildman–Crippen MR) is 68.4 cm³/mol. The summed E-state index contributed by atoms with van der Waals surface area (Å²) in [6.45, 7) is 1.66. The van der Waals surface area contributed by atoms with Crippen LogP contribution in [0.1, 0.15) is 32.1 Å². The van der Waals surface area contributed by atoms with E-state index >= 15 is 0 Å². The van der Waals surface area contributed by atoms with Crippen LogP contribution in [0, 0.1) is 11.8 Å². The molecule has 6 atom stereocenters. The number of hydrogen-bond acceptors (Lipinski definition) is 4. The van der Waals surface area contributed by atoms with Crippen molar-refractivity contribution in [2.75, 3.05) is 13.2 Å². The van der Waals surface area contributed by atoms with Gasteiger partial charge in [-0.05, 0) is 19.3 Å². The van der Waals surface area contributed by atoms with Gasteiger partial charge in [-0.15, -0.1) is 0 Å². The highest BCUT2D eigenvalue weighted by Gasteiger charge is 2.48. The van der Waals surface area contributed by atoms with E-state index in [2.05, 4.69) is 12.2 Å². The quantitative estimate of drug-likeness (QED) is 0.731. The van der Waals surface area contributed by atoms with Crippen molar-refractivity contribution in [2.24, 2.45) is 11.8 Å². The fourth-order valence-electron chi connectivity index (χ4n) is 3.75. The molecule has 6 unspecified atom stereocenters. The Morgan fingerprint density at radius 2 is 1.32 bits per heavy atom. The zero-order valence-electron chi connectivity index (χ0n) is 11.2. The Kier molecular flexibility index (Phi) is 3.35. The first-order chi connectivity index (χ1) is 9.40. The van der Waals surface area contributed by atoms with Gasteiger partial charge in [-0.1, -0.05) is 12.2 Å². The van der Waals surface area contributed by atoms with Crippen LogP contribution < -0.4 is 0 Å². The van der Waals surface area contributed by atoms with Crippen molar-refractivity contribution in [2.45, 2.75) is 56.9 Å². The molecule has 1 saturated carbocycles. The molecule has 0 aromatic carbocycles. The zero-order chi connectivity index (χ0) is 12.7. The van der Waals surface area contributed by atoms with Crippen LogP contribution >= 0.6 is 0 Å². The minimum absolute atomic E-state index is 0.0200. The van der Waals surface area contributed by atoms with E-state index in [4.69, 9.17) is 18.9 Å². The molecule has 2 aliphatic carbocycles. The normalized spacial score (nSPS) is 48.4. The molecule has 4 rings (SSSR count). The van der Waals surface area contributed by atoms with Gasteiger partial charge in [-0.25, -0.2) is 0 Å². The third kappa shape index (κ3) is 2.35. The van der Waals surface area contributed by atoms with Crippen molar-refractivity contribution in [1.82, 2.24) is 0 Å². The third-order valence-corrected chi connectivity index (χ3v) is 4.71. The molecular weight excluding hydrogens is 244 g/mol. The molecule has 4 nitrogen and oxygen atoms in total.